The number of amides is 1. The molecule has 1 rings (SSSR count). The summed E-state index contributed by atoms with van der Waals surface area (Å²) in [5, 5.41) is 6.00. The second-order valence-corrected chi connectivity index (χ2v) is 5.84. The highest BCUT2D eigenvalue weighted by Gasteiger charge is 2.01. The first-order valence-corrected chi connectivity index (χ1v) is 8.16. The molecule has 3 nitrogen and oxygen atoms in total. The van der Waals surface area contributed by atoms with Crippen LogP contribution in [-0.2, 0) is 4.79 Å². The first kappa shape index (κ1) is 15.5. The van der Waals surface area contributed by atoms with Gasteiger partial charge in [-0.2, -0.15) is 11.8 Å². The summed E-state index contributed by atoms with van der Waals surface area (Å²) in [5.41, 5.74) is 0.818. The number of hydrogen-bond donors (Lipinski definition) is 2. The molecular weight excluding hydrogens is 312 g/mol. The van der Waals surface area contributed by atoms with Crippen molar-refractivity contribution < 1.29 is 4.79 Å². The Balaban J connectivity index is 2.14. The third-order valence-electron chi connectivity index (χ3n) is 2.35. The number of carbonyl (C=O) groups is 1. The smallest absolute Gasteiger partial charge is 0.238 e. The van der Waals surface area contributed by atoms with Crippen LogP contribution in [0, 0.1) is 0 Å². The Morgan fingerprint density at radius 1 is 1.39 bits per heavy atom. The molecule has 0 aromatic heterocycles. The fraction of sp³-hybridized carbons (Fsp3) is 0.462. The van der Waals surface area contributed by atoms with Crippen LogP contribution in [0.15, 0.2) is 28.7 Å². The van der Waals surface area contributed by atoms with Crippen molar-refractivity contribution in [2.45, 2.75) is 12.8 Å². The Hall–Kier alpha value is -0.520. The number of carbonyl (C=O) groups excluding carboxylic acids is 1. The molecule has 0 aliphatic carbocycles. The first-order valence-electron chi connectivity index (χ1n) is 5.97. The summed E-state index contributed by atoms with van der Waals surface area (Å²) < 4.78 is 0.963. The maximum Gasteiger partial charge on any atom is 0.238 e. The van der Waals surface area contributed by atoms with E-state index in [0.29, 0.717) is 6.54 Å². The monoisotopic (exact) mass is 330 g/mol. The Morgan fingerprint density at radius 3 is 2.94 bits per heavy atom. The molecule has 0 heterocycles. The molecule has 0 saturated heterocycles. The summed E-state index contributed by atoms with van der Waals surface area (Å²) in [6.07, 6.45) is 4.42. The molecule has 18 heavy (non-hydrogen) atoms. The third-order valence-corrected chi connectivity index (χ3v) is 3.54. The Morgan fingerprint density at radius 2 is 2.22 bits per heavy atom. The molecule has 0 aliphatic heterocycles. The van der Waals surface area contributed by atoms with Crippen molar-refractivity contribution >= 4 is 39.3 Å². The molecule has 100 valence electrons. The van der Waals surface area contributed by atoms with Crippen LogP contribution >= 0.6 is 27.7 Å². The first-order chi connectivity index (χ1) is 8.72. The summed E-state index contributed by atoms with van der Waals surface area (Å²) in [4.78, 5) is 11.6. The molecule has 1 aromatic rings. The van der Waals surface area contributed by atoms with E-state index in [1.165, 1.54) is 12.2 Å². The van der Waals surface area contributed by atoms with Gasteiger partial charge in [0.05, 0.1) is 6.54 Å². The lowest BCUT2D eigenvalue weighted by molar-refractivity contribution is -0.115. The van der Waals surface area contributed by atoms with Crippen molar-refractivity contribution in [2.24, 2.45) is 0 Å². The van der Waals surface area contributed by atoms with Crippen molar-refractivity contribution in [1.29, 1.82) is 0 Å². The normalized spacial score (nSPS) is 10.3. The molecule has 0 unspecified atom stereocenters. The number of unbranched alkanes of at least 4 members (excludes halogenated alkanes) is 1. The highest BCUT2D eigenvalue weighted by molar-refractivity contribution is 9.10. The number of thioether (sulfide) groups is 1. The minimum Gasteiger partial charge on any atom is -0.325 e. The van der Waals surface area contributed by atoms with Crippen LogP contribution in [0.5, 0.6) is 0 Å². The maximum atomic E-state index is 11.6. The Kier molecular flexibility index (Phi) is 8.13. The van der Waals surface area contributed by atoms with Crippen LogP contribution in [0.1, 0.15) is 12.8 Å². The quantitative estimate of drug-likeness (QED) is 0.719. The molecule has 0 radical (unpaired) electrons. The number of benzene rings is 1. The van der Waals surface area contributed by atoms with Crippen LogP contribution in [0.3, 0.4) is 0 Å². The van der Waals surface area contributed by atoms with E-state index in [2.05, 4.69) is 32.8 Å². The molecule has 0 saturated carbocycles. The summed E-state index contributed by atoms with van der Waals surface area (Å²) >= 11 is 5.23. The largest absolute Gasteiger partial charge is 0.325 e. The van der Waals surface area contributed by atoms with Gasteiger partial charge >= 0.3 is 0 Å². The van der Waals surface area contributed by atoms with Gasteiger partial charge < -0.3 is 10.6 Å². The standard InChI is InChI=1S/C13H19BrN2OS/c1-18-8-3-2-7-15-10-13(17)16-12-6-4-5-11(14)9-12/h4-6,9,15H,2-3,7-8,10H2,1H3,(H,16,17). The maximum absolute atomic E-state index is 11.6. The summed E-state index contributed by atoms with van der Waals surface area (Å²) in [7, 11) is 0. The number of halogens is 1. The van der Waals surface area contributed by atoms with E-state index in [0.717, 1.165) is 23.1 Å². The van der Waals surface area contributed by atoms with Gasteiger partial charge in [0.25, 0.3) is 0 Å². The van der Waals surface area contributed by atoms with Gasteiger partial charge in [0.1, 0.15) is 0 Å². The molecule has 5 heteroatoms. The molecule has 2 N–H and O–H groups in total. The molecule has 0 spiro atoms. The van der Waals surface area contributed by atoms with E-state index >= 15 is 0 Å². The van der Waals surface area contributed by atoms with Crippen LogP contribution in [0.2, 0.25) is 0 Å². The van der Waals surface area contributed by atoms with Gasteiger partial charge in [-0.25, -0.2) is 0 Å². The number of hydrogen-bond acceptors (Lipinski definition) is 3. The third kappa shape index (κ3) is 7.03. The fourth-order valence-corrected chi connectivity index (χ4v) is 2.36. The minimum absolute atomic E-state index is 0.00188. The van der Waals surface area contributed by atoms with E-state index in [1.807, 2.05) is 36.0 Å². The number of nitrogens with one attached hydrogen (secondary N) is 2. The van der Waals surface area contributed by atoms with Crippen molar-refractivity contribution in [2.75, 3.05) is 30.4 Å². The summed E-state index contributed by atoms with van der Waals surface area (Å²) in [6, 6.07) is 7.59. The van der Waals surface area contributed by atoms with Crippen molar-refractivity contribution in [3.63, 3.8) is 0 Å². The van der Waals surface area contributed by atoms with Crippen molar-refractivity contribution in [1.82, 2.24) is 5.32 Å². The number of rotatable bonds is 8. The average Bonchev–Trinajstić information content (AvgIpc) is 2.33. The molecule has 0 atom stereocenters. The van der Waals surface area contributed by atoms with Gasteiger partial charge in [0, 0.05) is 10.2 Å². The topological polar surface area (TPSA) is 41.1 Å². The fourth-order valence-electron chi connectivity index (χ4n) is 1.47. The number of anilines is 1. The van der Waals surface area contributed by atoms with Crippen LogP contribution in [0.4, 0.5) is 5.69 Å². The van der Waals surface area contributed by atoms with Crippen LogP contribution in [0.25, 0.3) is 0 Å². The van der Waals surface area contributed by atoms with Crippen LogP contribution < -0.4 is 10.6 Å². The lowest BCUT2D eigenvalue weighted by Crippen LogP contribution is -2.28. The molecule has 1 amide bonds. The van der Waals surface area contributed by atoms with Gasteiger partial charge in [-0.15, -0.1) is 0 Å². The van der Waals surface area contributed by atoms with E-state index in [-0.39, 0.29) is 5.91 Å². The average molecular weight is 331 g/mol. The molecule has 0 aliphatic rings. The second kappa shape index (κ2) is 9.42. The van der Waals surface area contributed by atoms with Gasteiger partial charge in [0.15, 0.2) is 0 Å². The lowest BCUT2D eigenvalue weighted by Gasteiger charge is -2.07. The predicted octanol–water partition coefficient (Wildman–Crippen LogP) is 3.12. The van der Waals surface area contributed by atoms with Crippen molar-refractivity contribution in [3.05, 3.63) is 28.7 Å². The molecular formula is C13H19BrN2OS. The van der Waals surface area contributed by atoms with Gasteiger partial charge in [0.2, 0.25) is 5.91 Å². The highest BCUT2D eigenvalue weighted by Crippen LogP contribution is 2.15. The minimum atomic E-state index is -0.00188. The van der Waals surface area contributed by atoms with Crippen LogP contribution in [-0.4, -0.2) is 31.0 Å². The Labute approximate surface area is 121 Å². The lowest BCUT2D eigenvalue weighted by atomic mass is 10.3. The molecule has 1 aromatic carbocycles. The zero-order valence-corrected chi connectivity index (χ0v) is 12.9. The van der Waals surface area contributed by atoms with E-state index in [9.17, 15) is 4.79 Å². The van der Waals surface area contributed by atoms with Gasteiger partial charge in [-0.3, -0.25) is 4.79 Å². The van der Waals surface area contributed by atoms with Gasteiger partial charge in [-0.1, -0.05) is 22.0 Å². The molecule has 0 bridgehead atoms. The zero-order valence-electron chi connectivity index (χ0n) is 10.5. The van der Waals surface area contributed by atoms with Crippen molar-refractivity contribution in [3.8, 4) is 0 Å². The second-order valence-electron chi connectivity index (χ2n) is 3.94. The van der Waals surface area contributed by atoms with E-state index < -0.39 is 0 Å². The molecule has 0 fully saturated rings. The van der Waals surface area contributed by atoms with E-state index in [1.54, 1.807) is 0 Å². The van der Waals surface area contributed by atoms with Gasteiger partial charge in [-0.05, 0) is 49.6 Å². The summed E-state index contributed by atoms with van der Waals surface area (Å²) in [6.45, 7) is 1.26. The SMILES string of the molecule is CSCCCCNCC(=O)Nc1cccc(Br)c1. The Bertz CT molecular complexity index is 374. The predicted molar refractivity (Wildman–Crippen MR) is 83.3 cm³/mol. The summed E-state index contributed by atoms with van der Waals surface area (Å²) in [5.74, 6) is 1.18. The zero-order chi connectivity index (χ0) is 13.2. The van der Waals surface area contributed by atoms with E-state index in [4.69, 9.17) is 0 Å². The highest BCUT2D eigenvalue weighted by atomic mass is 79.9.